The van der Waals surface area contributed by atoms with Gasteiger partial charge in [0, 0.05) is 30.1 Å². The Balaban J connectivity index is 2.47. The van der Waals surface area contributed by atoms with E-state index in [2.05, 4.69) is 0 Å². The van der Waals surface area contributed by atoms with Crippen molar-refractivity contribution < 1.29 is 9.00 Å². The van der Waals surface area contributed by atoms with Crippen LogP contribution < -0.4 is 0 Å². The standard InChI is InChI=1S/C14H18N2O2S/c1-12-5-3-6-13(9-12)10-19(18)11-14(17)16(2)8-4-7-15/h3,5-6,9H,4,8,10-11H2,1-2H3. The molecule has 0 aliphatic heterocycles. The molecule has 1 aromatic rings. The van der Waals surface area contributed by atoms with E-state index in [0.717, 1.165) is 11.1 Å². The first-order valence-electron chi connectivity index (χ1n) is 6.04. The van der Waals surface area contributed by atoms with Gasteiger partial charge in [0.25, 0.3) is 0 Å². The van der Waals surface area contributed by atoms with Crippen LogP contribution in [0.3, 0.4) is 0 Å². The molecule has 0 bridgehead atoms. The second kappa shape index (κ2) is 7.70. The Labute approximate surface area is 116 Å². The lowest BCUT2D eigenvalue weighted by Gasteiger charge is -2.15. The van der Waals surface area contributed by atoms with Gasteiger partial charge < -0.3 is 4.90 Å². The van der Waals surface area contributed by atoms with Crippen LogP contribution >= 0.6 is 0 Å². The molecular formula is C14H18N2O2S. The molecule has 0 heterocycles. The summed E-state index contributed by atoms with van der Waals surface area (Å²) in [4.78, 5) is 13.2. The zero-order valence-electron chi connectivity index (χ0n) is 11.3. The summed E-state index contributed by atoms with van der Waals surface area (Å²) < 4.78 is 11.9. The van der Waals surface area contributed by atoms with Gasteiger partial charge in [0.05, 0.1) is 12.5 Å². The van der Waals surface area contributed by atoms with E-state index in [0.29, 0.717) is 18.7 Å². The zero-order valence-corrected chi connectivity index (χ0v) is 12.1. The molecule has 0 saturated carbocycles. The second-order valence-corrected chi connectivity index (χ2v) is 5.90. The van der Waals surface area contributed by atoms with Gasteiger partial charge >= 0.3 is 0 Å². The molecule has 1 aromatic carbocycles. The van der Waals surface area contributed by atoms with Gasteiger partial charge in [-0.25, -0.2) is 0 Å². The minimum absolute atomic E-state index is 0.00979. The number of rotatable bonds is 6. The van der Waals surface area contributed by atoms with Crippen molar-refractivity contribution in [2.24, 2.45) is 0 Å². The van der Waals surface area contributed by atoms with Crippen LogP contribution in [0.2, 0.25) is 0 Å². The van der Waals surface area contributed by atoms with E-state index in [1.54, 1.807) is 7.05 Å². The van der Waals surface area contributed by atoms with Crippen molar-refractivity contribution in [3.63, 3.8) is 0 Å². The maximum atomic E-state index is 11.9. The van der Waals surface area contributed by atoms with Gasteiger partial charge in [-0.05, 0) is 12.5 Å². The van der Waals surface area contributed by atoms with E-state index in [-0.39, 0.29) is 11.7 Å². The molecule has 1 atom stereocenters. The molecule has 0 saturated heterocycles. The molecule has 1 rings (SSSR count). The van der Waals surface area contributed by atoms with Crippen molar-refractivity contribution >= 4 is 16.7 Å². The second-order valence-electron chi connectivity index (χ2n) is 4.44. The average molecular weight is 278 g/mol. The number of nitrogens with zero attached hydrogens (tertiary/aromatic N) is 2. The zero-order chi connectivity index (χ0) is 14.3. The number of aryl methyl sites for hydroxylation is 1. The minimum atomic E-state index is -1.21. The third kappa shape index (κ3) is 5.66. The van der Waals surface area contributed by atoms with Gasteiger partial charge in [-0.3, -0.25) is 9.00 Å². The van der Waals surface area contributed by atoms with Crippen LogP contribution in [0.1, 0.15) is 17.5 Å². The summed E-state index contributed by atoms with van der Waals surface area (Å²) in [5.41, 5.74) is 2.10. The lowest BCUT2D eigenvalue weighted by Crippen LogP contribution is -2.31. The number of nitriles is 1. The quantitative estimate of drug-likeness (QED) is 0.794. The number of benzene rings is 1. The fraction of sp³-hybridized carbons (Fsp3) is 0.429. The van der Waals surface area contributed by atoms with E-state index in [1.165, 1.54) is 4.90 Å². The van der Waals surface area contributed by atoms with E-state index in [9.17, 15) is 9.00 Å². The van der Waals surface area contributed by atoms with Gasteiger partial charge in [-0.2, -0.15) is 5.26 Å². The topological polar surface area (TPSA) is 61.2 Å². The van der Waals surface area contributed by atoms with Crippen molar-refractivity contribution in [1.29, 1.82) is 5.26 Å². The highest BCUT2D eigenvalue weighted by Crippen LogP contribution is 2.07. The first-order chi connectivity index (χ1) is 9.02. The summed E-state index contributed by atoms with van der Waals surface area (Å²) >= 11 is 0. The monoisotopic (exact) mass is 278 g/mol. The Hall–Kier alpha value is -1.67. The van der Waals surface area contributed by atoms with Crippen LogP contribution in [0.25, 0.3) is 0 Å². The molecule has 19 heavy (non-hydrogen) atoms. The first-order valence-corrected chi connectivity index (χ1v) is 7.53. The Morgan fingerprint density at radius 3 is 2.84 bits per heavy atom. The fourth-order valence-electron chi connectivity index (χ4n) is 1.63. The lowest BCUT2D eigenvalue weighted by atomic mass is 10.2. The van der Waals surface area contributed by atoms with E-state index >= 15 is 0 Å². The average Bonchev–Trinajstić information content (AvgIpc) is 2.35. The van der Waals surface area contributed by atoms with Gasteiger partial charge in [0.1, 0.15) is 5.75 Å². The van der Waals surface area contributed by atoms with Crippen LogP contribution in [-0.2, 0) is 21.3 Å². The smallest absolute Gasteiger partial charge is 0.234 e. The minimum Gasteiger partial charge on any atom is -0.344 e. The highest BCUT2D eigenvalue weighted by molar-refractivity contribution is 7.84. The molecule has 0 fully saturated rings. The normalized spacial score (nSPS) is 11.6. The van der Waals surface area contributed by atoms with E-state index in [4.69, 9.17) is 5.26 Å². The molecule has 4 nitrogen and oxygen atoms in total. The third-order valence-corrected chi connectivity index (χ3v) is 3.90. The number of hydrogen-bond acceptors (Lipinski definition) is 3. The third-order valence-electron chi connectivity index (χ3n) is 2.68. The maximum Gasteiger partial charge on any atom is 0.234 e. The van der Waals surface area contributed by atoms with Crippen LogP contribution in [0.4, 0.5) is 0 Å². The Bertz CT molecular complexity index is 508. The SMILES string of the molecule is Cc1cccc(CS(=O)CC(=O)N(C)CCC#N)c1. The van der Waals surface area contributed by atoms with Gasteiger partial charge in [-0.1, -0.05) is 29.8 Å². The van der Waals surface area contributed by atoms with Crippen molar-refractivity contribution in [2.75, 3.05) is 19.3 Å². The Morgan fingerprint density at radius 1 is 1.47 bits per heavy atom. The fourth-order valence-corrected chi connectivity index (χ4v) is 2.78. The maximum absolute atomic E-state index is 11.9. The van der Waals surface area contributed by atoms with Crippen LogP contribution in [0, 0.1) is 18.3 Å². The molecule has 0 aliphatic rings. The lowest BCUT2D eigenvalue weighted by molar-refractivity contribution is -0.127. The van der Waals surface area contributed by atoms with Crippen LogP contribution in [0.15, 0.2) is 24.3 Å². The largest absolute Gasteiger partial charge is 0.344 e. The molecule has 0 aromatic heterocycles. The molecule has 1 unspecified atom stereocenters. The molecule has 1 amide bonds. The van der Waals surface area contributed by atoms with E-state index in [1.807, 2.05) is 37.3 Å². The molecule has 0 spiro atoms. The molecule has 5 heteroatoms. The molecular weight excluding hydrogens is 260 g/mol. The molecule has 0 N–H and O–H groups in total. The van der Waals surface area contributed by atoms with Crippen LogP contribution in [-0.4, -0.2) is 34.4 Å². The van der Waals surface area contributed by atoms with Crippen molar-refractivity contribution in [3.8, 4) is 6.07 Å². The summed E-state index contributed by atoms with van der Waals surface area (Å²) in [5.74, 6) is 0.219. The van der Waals surface area contributed by atoms with E-state index < -0.39 is 10.8 Å². The predicted octanol–water partition coefficient (Wildman–Crippen LogP) is 1.62. The number of hydrogen-bond donors (Lipinski definition) is 0. The summed E-state index contributed by atoms with van der Waals surface area (Å²) in [5, 5.41) is 8.45. The van der Waals surface area contributed by atoms with Crippen LogP contribution in [0.5, 0.6) is 0 Å². The van der Waals surface area contributed by atoms with Gasteiger partial charge in [0.15, 0.2) is 0 Å². The number of carbonyl (C=O) groups excluding carboxylic acids is 1. The van der Waals surface area contributed by atoms with Gasteiger partial charge in [0.2, 0.25) is 5.91 Å². The Kier molecular flexibility index (Phi) is 6.23. The molecule has 102 valence electrons. The highest BCUT2D eigenvalue weighted by Gasteiger charge is 2.13. The van der Waals surface area contributed by atoms with Crippen molar-refractivity contribution in [1.82, 2.24) is 4.90 Å². The van der Waals surface area contributed by atoms with Crippen molar-refractivity contribution in [3.05, 3.63) is 35.4 Å². The summed E-state index contributed by atoms with van der Waals surface area (Å²) in [7, 11) is 0.419. The predicted molar refractivity (Wildman–Crippen MR) is 75.8 cm³/mol. The summed E-state index contributed by atoms with van der Waals surface area (Å²) in [6.07, 6.45) is 0.298. The number of amides is 1. The molecule has 0 radical (unpaired) electrons. The molecule has 0 aliphatic carbocycles. The summed E-state index contributed by atoms with van der Waals surface area (Å²) in [6, 6.07) is 9.77. The highest BCUT2D eigenvalue weighted by atomic mass is 32.2. The Morgan fingerprint density at radius 2 is 2.21 bits per heavy atom. The van der Waals surface area contributed by atoms with Crippen molar-refractivity contribution in [2.45, 2.75) is 19.1 Å². The van der Waals surface area contributed by atoms with Gasteiger partial charge in [-0.15, -0.1) is 0 Å². The number of carbonyl (C=O) groups is 1. The summed E-state index contributed by atoms with van der Waals surface area (Å²) in [6.45, 7) is 2.37. The first kappa shape index (κ1) is 15.4.